The summed E-state index contributed by atoms with van der Waals surface area (Å²) in [4.78, 5) is 16.8. The fourth-order valence-corrected chi connectivity index (χ4v) is 4.78. The molecule has 1 unspecified atom stereocenters. The second-order valence-corrected chi connectivity index (χ2v) is 8.93. The molecule has 0 bridgehead atoms. The molecule has 2 atom stereocenters. The van der Waals surface area contributed by atoms with Crippen LogP contribution in [-0.2, 0) is 11.2 Å². The van der Waals surface area contributed by atoms with Crippen LogP contribution in [-0.4, -0.2) is 32.0 Å². The van der Waals surface area contributed by atoms with Gasteiger partial charge in [0.25, 0.3) is 0 Å². The molecular weight excluding hydrogens is 364 g/mol. The lowest BCUT2D eigenvalue weighted by molar-refractivity contribution is -0.122. The molecule has 0 aromatic carbocycles. The van der Waals surface area contributed by atoms with Gasteiger partial charge in [0.05, 0.1) is 24.1 Å². The van der Waals surface area contributed by atoms with Gasteiger partial charge in [-0.15, -0.1) is 0 Å². The van der Waals surface area contributed by atoms with E-state index in [1.54, 1.807) is 16.9 Å². The summed E-state index contributed by atoms with van der Waals surface area (Å²) in [5.41, 5.74) is 8.77. The normalized spacial score (nSPS) is 27.2. The van der Waals surface area contributed by atoms with Gasteiger partial charge in [0.1, 0.15) is 0 Å². The molecule has 3 fully saturated rings. The summed E-state index contributed by atoms with van der Waals surface area (Å²) in [6.45, 7) is 0. The van der Waals surface area contributed by atoms with Gasteiger partial charge in [-0.25, -0.2) is 18.3 Å². The molecule has 1 saturated heterocycles. The van der Waals surface area contributed by atoms with E-state index in [9.17, 15) is 13.6 Å². The van der Waals surface area contributed by atoms with Gasteiger partial charge < -0.3 is 11.1 Å². The van der Waals surface area contributed by atoms with Crippen molar-refractivity contribution in [3.05, 3.63) is 29.7 Å². The average Bonchev–Trinajstić information content (AvgIpc) is 3.14. The number of amides is 1. The summed E-state index contributed by atoms with van der Waals surface area (Å²) in [7, 11) is 0. The minimum absolute atomic E-state index is 0.00709. The first-order valence-corrected chi connectivity index (χ1v) is 10.1. The van der Waals surface area contributed by atoms with Crippen LogP contribution in [0.25, 0.3) is 5.65 Å². The quantitative estimate of drug-likeness (QED) is 0.842. The minimum atomic E-state index is -2.56. The lowest BCUT2D eigenvalue weighted by Crippen LogP contribution is -2.31. The van der Waals surface area contributed by atoms with Crippen LogP contribution in [0.15, 0.2) is 18.5 Å². The summed E-state index contributed by atoms with van der Waals surface area (Å²) < 4.78 is 28.5. The molecule has 3 heterocycles. The van der Waals surface area contributed by atoms with Gasteiger partial charge in [-0.2, -0.15) is 5.10 Å². The summed E-state index contributed by atoms with van der Waals surface area (Å²) in [5.74, 6) is -2.41. The highest BCUT2D eigenvalue weighted by Crippen LogP contribution is 2.46. The molecule has 150 valence electrons. The number of nitrogens with zero attached hydrogens (tertiary/aromatic N) is 3. The van der Waals surface area contributed by atoms with Crippen LogP contribution in [0.1, 0.15) is 62.2 Å². The summed E-state index contributed by atoms with van der Waals surface area (Å²) >= 11 is 0. The number of imidazole rings is 1. The zero-order valence-corrected chi connectivity index (χ0v) is 15.7. The Labute approximate surface area is 161 Å². The Balaban J connectivity index is 1.30. The van der Waals surface area contributed by atoms with E-state index in [0.717, 1.165) is 24.8 Å². The van der Waals surface area contributed by atoms with E-state index in [0.29, 0.717) is 30.6 Å². The van der Waals surface area contributed by atoms with E-state index in [1.807, 2.05) is 6.07 Å². The molecular formula is C20H25F2N5O. The standard InChI is InChI=1S/C20H25F2N5O/c21-20(22)3-1-13(2-4-20)17(23)15-11-27-16(25-15)8-12(10-24-27)7-14-9-19(5-6-19)26-18(14)28/h8,10-11,13-14,17H,1-7,9,23H2,(H,26,28)/t14?,17-/m0/s1. The first-order chi connectivity index (χ1) is 13.3. The molecule has 5 rings (SSSR count). The van der Waals surface area contributed by atoms with Crippen molar-refractivity contribution < 1.29 is 13.6 Å². The third kappa shape index (κ3) is 3.27. The lowest BCUT2D eigenvalue weighted by Gasteiger charge is -2.31. The van der Waals surface area contributed by atoms with E-state index in [1.165, 1.54) is 0 Å². The number of carbonyl (C=O) groups is 1. The molecule has 6 nitrogen and oxygen atoms in total. The van der Waals surface area contributed by atoms with Crippen molar-refractivity contribution in [1.29, 1.82) is 0 Å². The highest BCUT2D eigenvalue weighted by atomic mass is 19.3. The summed E-state index contributed by atoms with van der Waals surface area (Å²) in [6.07, 6.45) is 7.91. The van der Waals surface area contributed by atoms with Crippen molar-refractivity contribution in [3.63, 3.8) is 0 Å². The maximum absolute atomic E-state index is 13.4. The first-order valence-electron chi connectivity index (χ1n) is 10.1. The number of carbonyl (C=O) groups excluding carboxylic acids is 1. The van der Waals surface area contributed by atoms with E-state index in [4.69, 9.17) is 5.73 Å². The van der Waals surface area contributed by atoms with Gasteiger partial charge in [-0.1, -0.05) is 0 Å². The Morgan fingerprint density at radius 3 is 2.71 bits per heavy atom. The second kappa shape index (κ2) is 6.20. The lowest BCUT2D eigenvalue weighted by atomic mass is 9.81. The molecule has 1 spiro atoms. The fourth-order valence-electron chi connectivity index (χ4n) is 4.78. The number of aromatic nitrogens is 3. The van der Waals surface area contributed by atoms with Crippen molar-refractivity contribution in [1.82, 2.24) is 19.9 Å². The average molecular weight is 389 g/mol. The van der Waals surface area contributed by atoms with Crippen molar-refractivity contribution in [2.45, 2.75) is 68.9 Å². The van der Waals surface area contributed by atoms with Crippen LogP contribution < -0.4 is 11.1 Å². The van der Waals surface area contributed by atoms with Crippen molar-refractivity contribution in [3.8, 4) is 0 Å². The molecule has 2 aliphatic carbocycles. The van der Waals surface area contributed by atoms with Crippen LogP contribution in [0, 0.1) is 11.8 Å². The number of halogens is 2. The Morgan fingerprint density at radius 1 is 1.29 bits per heavy atom. The second-order valence-electron chi connectivity index (χ2n) is 8.93. The number of nitrogens with one attached hydrogen (secondary N) is 1. The van der Waals surface area contributed by atoms with Gasteiger partial charge in [0.2, 0.25) is 11.8 Å². The Kier molecular flexibility index (Phi) is 3.98. The predicted molar refractivity (Wildman–Crippen MR) is 98.7 cm³/mol. The zero-order chi connectivity index (χ0) is 19.5. The van der Waals surface area contributed by atoms with E-state index in [-0.39, 0.29) is 42.2 Å². The number of alkyl halides is 2. The van der Waals surface area contributed by atoms with Crippen LogP contribution in [0.4, 0.5) is 8.78 Å². The van der Waals surface area contributed by atoms with Gasteiger partial charge in [0.15, 0.2) is 5.65 Å². The molecule has 3 aliphatic rings. The largest absolute Gasteiger partial charge is 0.350 e. The van der Waals surface area contributed by atoms with Crippen LogP contribution in [0.3, 0.4) is 0 Å². The Morgan fingerprint density at radius 2 is 2.04 bits per heavy atom. The molecule has 28 heavy (non-hydrogen) atoms. The highest BCUT2D eigenvalue weighted by molar-refractivity contribution is 5.83. The Bertz CT molecular complexity index is 912. The van der Waals surface area contributed by atoms with E-state index in [2.05, 4.69) is 15.4 Å². The highest BCUT2D eigenvalue weighted by Gasteiger charge is 2.52. The minimum Gasteiger partial charge on any atom is -0.350 e. The van der Waals surface area contributed by atoms with Crippen LogP contribution in [0.5, 0.6) is 0 Å². The molecule has 3 N–H and O–H groups in total. The Hall–Kier alpha value is -2.09. The molecule has 1 amide bonds. The van der Waals surface area contributed by atoms with E-state index >= 15 is 0 Å². The molecule has 1 aliphatic heterocycles. The third-order valence-electron chi connectivity index (χ3n) is 6.74. The molecule has 0 radical (unpaired) electrons. The van der Waals surface area contributed by atoms with Crippen molar-refractivity contribution in [2.75, 3.05) is 0 Å². The zero-order valence-electron chi connectivity index (χ0n) is 15.7. The maximum atomic E-state index is 13.4. The number of hydrogen-bond donors (Lipinski definition) is 2. The van der Waals surface area contributed by atoms with Gasteiger partial charge in [-0.05, 0) is 56.1 Å². The third-order valence-corrected chi connectivity index (χ3v) is 6.74. The number of rotatable bonds is 4. The van der Waals surface area contributed by atoms with Gasteiger partial charge in [-0.3, -0.25) is 4.79 Å². The summed E-state index contributed by atoms with van der Waals surface area (Å²) in [6, 6.07) is 1.58. The van der Waals surface area contributed by atoms with Crippen molar-refractivity contribution >= 4 is 11.6 Å². The monoisotopic (exact) mass is 389 g/mol. The van der Waals surface area contributed by atoms with Gasteiger partial charge in [0, 0.05) is 24.3 Å². The molecule has 2 aromatic heterocycles. The molecule has 2 saturated carbocycles. The topological polar surface area (TPSA) is 85.3 Å². The van der Waals surface area contributed by atoms with Crippen LogP contribution in [0.2, 0.25) is 0 Å². The summed E-state index contributed by atoms with van der Waals surface area (Å²) in [5, 5.41) is 7.54. The predicted octanol–water partition coefficient (Wildman–Crippen LogP) is 2.77. The smallest absolute Gasteiger partial charge is 0.248 e. The number of hydrogen-bond acceptors (Lipinski definition) is 4. The number of nitrogens with two attached hydrogens (primary N) is 1. The van der Waals surface area contributed by atoms with Gasteiger partial charge >= 0.3 is 0 Å². The van der Waals surface area contributed by atoms with E-state index < -0.39 is 5.92 Å². The molecule has 8 heteroatoms. The first kappa shape index (κ1) is 18.0. The SMILES string of the molecule is N[C@H](c1cn2ncc(CC3CC4(CC4)NC3=O)cc2n1)C1CCC(F)(F)CC1. The molecule has 2 aromatic rings. The number of fused-ring (bicyclic) bond motifs is 1. The fraction of sp³-hybridized carbons (Fsp3) is 0.650. The van der Waals surface area contributed by atoms with Crippen LogP contribution >= 0.6 is 0 Å². The maximum Gasteiger partial charge on any atom is 0.248 e. The van der Waals surface area contributed by atoms with Crippen molar-refractivity contribution in [2.24, 2.45) is 17.6 Å².